The molecule has 1 unspecified atom stereocenters. The number of amides is 1. The van der Waals surface area contributed by atoms with Crippen LogP contribution in [-0.2, 0) is 16.0 Å². The Morgan fingerprint density at radius 3 is 2.83 bits per heavy atom. The van der Waals surface area contributed by atoms with Gasteiger partial charge in [0, 0.05) is 16.9 Å². The van der Waals surface area contributed by atoms with Crippen LogP contribution in [-0.4, -0.2) is 41.9 Å². The van der Waals surface area contributed by atoms with Crippen LogP contribution in [0.5, 0.6) is 0 Å². The van der Waals surface area contributed by atoms with Gasteiger partial charge in [-0.1, -0.05) is 39.7 Å². The fraction of sp³-hybridized carbons (Fsp3) is 0.462. The number of halogens is 2. The number of morpholine rings is 1. The van der Waals surface area contributed by atoms with Crippen LogP contribution >= 0.6 is 27.5 Å². The Morgan fingerprint density at radius 1 is 1.44 bits per heavy atom. The van der Waals surface area contributed by atoms with Gasteiger partial charge in [-0.3, -0.25) is 4.79 Å². The van der Waals surface area contributed by atoms with Crippen molar-refractivity contribution in [1.82, 2.24) is 4.90 Å². The van der Waals surface area contributed by atoms with Crippen LogP contribution in [0.2, 0.25) is 5.02 Å². The summed E-state index contributed by atoms with van der Waals surface area (Å²) in [6, 6.07) is 7.54. The highest BCUT2D eigenvalue weighted by molar-refractivity contribution is 9.09. The highest BCUT2D eigenvalue weighted by Gasteiger charge is 2.26. The van der Waals surface area contributed by atoms with Crippen molar-refractivity contribution in [3.05, 3.63) is 34.9 Å². The van der Waals surface area contributed by atoms with Crippen LogP contribution in [0, 0.1) is 0 Å². The Bertz CT molecular complexity index is 410. The summed E-state index contributed by atoms with van der Waals surface area (Å²) in [6.07, 6.45) is 0.417. The minimum atomic E-state index is 0.138. The number of rotatable bonds is 3. The third-order valence-electron chi connectivity index (χ3n) is 2.99. The summed E-state index contributed by atoms with van der Waals surface area (Å²) in [5.41, 5.74) is 0.990. The van der Waals surface area contributed by atoms with E-state index in [1.807, 2.05) is 29.2 Å². The third-order valence-corrected chi connectivity index (χ3v) is 3.99. The quantitative estimate of drug-likeness (QED) is 0.796. The van der Waals surface area contributed by atoms with E-state index in [4.69, 9.17) is 16.3 Å². The molecule has 0 radical (unpaired) electrons. The second kappa shape index (κ2) is 6.55. The number of hydrogen-bond donors (Lipinski definition) is 0. The van der Waals surface area contributed by atoms with Gasteiger partial charge in [0.1, 0.15) is 0 Å². The van der Waals surface area contributed by atoms with Gasteiger partial charge in [0.15, 0.2) is 0 Å². The molecule has 1 aliphatic heterocycles. The summed E-state index contributed by atoms with van der Waals surface area (Å²) >= 11 is 9.25. The van der Waals surface area contributed by atoms with E-state index in [1.54, 1.807) is 0 Å². The van der Waals surface area contributed by atoms with Crippen molar-refractivity contribution in [2.24, 2.45) is 0 Å². The van der Waals surface area contributed by atoms with Crippen molar-refractivity contribution < 1.29 is 9.53 Å². The summed E-state index contributed by atoms with van der Waals surface area (Å²) in [5, 5.41) is 1.44. The standard InChI is InChI=1S/C13H15BrClNO2/c14-8-12-9-18-6-5-16(12)13(17)7-10-1-3-11(15)4-2-10/h1-4,12H,5-9H2. The van der Waals surface area contributed by atoms with E-state index in [0.29, 0.717) is 31.2 Å². The number of nitrogens with zero attached hydrogens (tertiary/aromatic N) is 1. The molecule has 1 aromatic carbocycles. The number of benzene rings is 1. The van der Waals surface area contributed by atoms with Gasteiger partial charge in [-0.2, -0.15) is 0 Å². The molecule has 1 aromatic rings. The molecule has 1 amide bonds. The smallest absolute Gasteiger partial charge is 0.227 e. The number of alkyl halides is 1. The normalized spacial score (nSPS) is 19.9. The van der Waals surface area contributed by atoms with Crippen LogP contribution in [0.1, 0.15) is 5.56 Å². The third kappa shape index (κ3) is 3.46. The van der Waals surface area contributed by atoms with E-state index in [2.05, 4.69) is 15.9 Å². The molecule has 1 atom stereocenters. The van der Waals surface area contributed by atoms with Gasteiger partial charge in [0.2, 0.25) is 5.91 Å². The van der Waals surface area contributed by atoms with Crippen molar-refractivity contribution in [3.63, 3.8) is 0 Å². The first-order valence-electron chi connectivity index (χ1n) is 5.88. The van der Waals surface area contributed by atoms with Gasteiger partial charge >= 0.3 is 0 Å². The van der Waals surface area contributed by atoms with E-state index >= 15 is 0 Å². The van der Waals surface area contributed by atoms with Gasteiger partial charge < -0.3 is 9.64 Å². The average molecular weight is 333 g/mol. The molecule has 0 spiro atoms. The molecular formula is C13H15BrClNO2. The molecule has 18 heavy (non-hydrogen) atoms. The van der Waals surface area contributed by atoms with Gasteiger partial charge in [0.25, 0.3) is 0 Å². The minimum Gasteiger partial charge on any atom is -0.377 e. The molecule has 2 rings (SSSR count). The molecule has 0 saturated carbocycles. The maximum Gasteiger partial charge on any atom is 0.227 e. The topological polar surface area (TPSA) is 29.5 Å². The van der Waals surface area contributed by atoms with Crippen molar-refractivity contribution in [2.45, 2.75) is 12.5 Å². The molecule has 0 aliphatic carbocycles. The zero-order valence-corrected chi connectivity index (χ0v) is 12.3. The van der Waals surface area contributed by atoms with Crippen molar-refractivity contribution in [3.8, 4) is 0 Å². The van der Waals surface area contributed by atoms with E-state index in [-0.39, 0.29) is 11.9 Å². The minimum absolute atomic E-state index is 0.138. The molecule has 0 bridgehead atoms. The summed E-state index contributed by atoms with van der Waals surface area (Å²) in [7, 11) is 0. The number of hydrogen-bond acceptors (Lipinski definition) is 2. The lowest BCUT2D eigenvalue weighted by atomic mass is 10.1. The zero-order chi connectivity index (χ0) is 13.0. The molecule has 1 aliphatic rings. The fourth-order valence-electron chi connectivity index (χ4n) is 1.99. The number of carbonyl (C=O) groups excluding carboxylic acids is 1. The molecule has 0 aromatic heterocycles. The Balaban J connectivity index is 2.00. The molecule has 1 fully saturated rings. The van der Waals surface area contributed by atoms with E-state index in [1.165, 1.54) is 0 Å². The van der Waals surface area contributed by atoms with Crippen LogP contribution in [0.25, 0.3) is 0 Å². The zero-order valence-electron chi connectivity index (χ0n) is 9.94. The van der Waals surface area contributed by atoms with Crippen molar-refractivity contribution in [2.75, 3.05) is 25.1 Å². The summed E-state index contributed by atoms with van der Waals surface area (Å²) in [4.78, 5) is 14.1. The first-order valence-corrected chi connectivity index (χ1v) is 7.38. The largest absolute Gasteiger partial charge is 0.377 e. The number of ether oxygens (including phenoxy) is 1. The predicted molar refractivity (Wildman–Crippen MR) is 75.3 cm³/mol. The fourth-order valence-corrected chi connectivity index (χ4v) is 2.65. The van der Waals surface area contributed by atoms with E-state index < -0.39 is 0 Å². The highest BCUT2D eigenvalue weighted by Crippen LogP contribution is 2.14. The second-order valence-corrected chi connectivity index (χ2v) is 5.36. The molecule has 0 N–H and O–H groups in total. The maximum atomic E-state index is 12.2. The van der Waals surface area contributed by atoms with Crippen LogP contribution in [0.4, 0.5) is 0 Å². The molecular weight excluding hydrogens is 318 g/mol. The van der Waals surface area contributed by atoms with E-state index in [9.17, 15) is 4.79 Å². The van der Waals surface area contributed by atoms with Gasteiger partial charge in [-0.15, -0.1) is 0 Å². The number of carbonyl (C=O) groups is 1. The SMILES string of the molecule is O=C(Cc1ccc(Cl)cc1)N1CCOCC1CBr. The predicted octanol–water partition coefficient (Wildman–Crippen LogP) is 2.50. The van der Waals surface area contributed by atoms with Gasteiger partial charge in [0.05, 0.1) is 25.7 Å². The molecule has 1 heterocycles. The lowest BCUT2D eigenvalue weighted by molar-refractivity contribution is -0.138. The summed E-state index contributed by atoms with van der Waals surface area (Å²) < 4.78 is 5.38. The molecule has 1 saturated heterocycles. The first-order chi connectivity index (χ1) is 8.70. The Labute approximate surface area is 120 Å². The van der Waals surface area contributed by atoms with Crippen molar-refractivity contribution in [1.29, 1.82) is 0 Å². The lowest BCUT2D eigenvalue weighted by Crippen LogP contribution is -2.50. The summed E-state index contributed by atoms with van der Waals surface area (Å²) in [5.74, 6) is 0.144. The Hall–Kier alpha value is -0.580. The van der Waals surface area contributed by atoms with Gasteiger partial charge in [-0.05, 0) is 17.7 Å². The lowest BCUT2D eigenvalue weighted by Gasteiger charge is -2.34. The van der Waals surface area contributed by atoms with Crippen LogP contribution in [0.15, 0.2) is 24.3 Å². The Kier molecular flexibility index (Phi) is 5.03. The van der Waals surface area contributed by atoms with Gasteiger partial charge in [-0.25, -0.2) is 0 Å². The van der Waals surface area contributed by atoms with Crippen molar-refractivity contribution >= 4 is 33.4 Å². The summed E-state index contributed by atoms with van der Waals surface area (Å²) in [6.45, 7) is 1.90. The van der Waals surface area contributed by atoms with Crippen LogP contribution in [0.3, 0.4) is 0 Å². The highest BCUT2D eigenvalue weighted by atomic mass is 79.9. The van der Waals surface area contributed by atoms with Crippen LogP contribution < -0.4 is 0 Å². The average Bonchev–Trinajstić information content (AvgIpc) is 2.41. The molecule has 5 heteroatoms. The first kappa shape index (κ1) is 13.8. The maximum absolute atomic E-state index is 12.2. The second-order valence-electron chi connectivity index (χ2n) is 4.27. The molecule has 3 nitrogen and oxygen atoms in total. The van der Waals surface area contributed by atoms with E-state index in [0.717, 1.165) is 10.9 Å². The Morgan fingerprint density at radius 2 is 2.17 bits per heavy atom. The molecule has 98 valence electrons. The monoisotopic (exact) mass is 331 g/mol.